The highest BCUT2D eigenvalue weighted by Crippen LogP contribution is 2.64. The van der Waals surface area contributed by atoms with Crippen LogP contribution in [0.15, 0.2) is 11.6 Å². The Kier molecular flexibility index (Phi) is 4.00. The summed E-state index contributed by atoms with van der Waals surface area (Å²) >= 11 is 0. The van der Waals surface area contributed by atoms with E-state index >= 15 is 0 Å². The zero-order valence-corrected chi connectivity index (χ0v) is 12.3. The van der Waals surface area contributed by atoms with E-state index in [4.69, 9.17) is 0 Å². The SMILES string of the molecule is CCC1CCCCC1C1(C)CC1CC=C(C)C. The smallest absolute Gasteiger partial charge is 0.0260 e. The van der Waals surface area contributed by atoms with Gasteiger partial charge in [-0.3, -0.25) is 0 Å². The zero-order chi connectivity index (χ0) is 12.5. The fourth-order valence-electron chi connectivity index (χ4n) is 4.22. The minimum atomic E-state index is 0.701. The first-order chi connectivity index (χ1) is 8.08. The largest absolute Gasteiger partial charge is 0.0856 e. The molecule has 2 aliphatic rings. The summed E-state index contributed by atoms with van der Waals surface area (Å²) in [6.45, 7) is 9.44. The molecule has 2 aliphatic carbocycles. The molecule has 0 N–H and O–H groups in total. The molecule has 2 saturated carbocycles. The maximum Gasteiger partial charge on any atom is -0.0260 e. The first-order valence-corrected chi connectivity index (χ1v) is 7.71. The third-order valence-corrected chi connectivity index (χ3v) is 5.55. The van der Waals surface area contributed by atoms with Gasteiger partial charge < -0.3 is 0 Å². The minimum absolute atomic E-state index is 0.701. The topological polar surface area (TPSA) is 0 Å². The second-order valence-electron chi connectivity index (χ2n) is 6.98. The van der Waals surface area contributed by atoms with Crippen molar-refractivity contribution in [2.45, 2.75) is 72.6 Å². The fraction of sp³-hybridized carbons (Fsp3) is 0.882. The predicted molar refractivity (Wildman–Crippen MR) is 76.0 cm³/mol. The molecular formula is C17H30. The highest BCUT2D eigenvalue weighted by molar-refractivity contribution is 5.09. The Balaban J connectivity index is 1.95. The van der Waals surface area contributed by atoms with E-state index in [1.165, 1.54) is 50.5 Å². The van der Waals surface area contributed by atoms with Gasteiger partial charge in [0.25, 0.3) is 0 Å². The van der Waals surface area contributed by atoms with Crippen molar-refractivity contribution in [1.82, 2.24) is 0 Å². The highest BCUT2D eigenvalue weighted by atomic mass is 14.6. The van der Waals surface area contributed by atoms with E-state index in [1.54, 1.807) is 0 Å². The zero-order valence-electron chi connectivity index (χ0n) is 12.3. The molecule has 0 aromatic heterocycles. The number of allylic oxidation sites excluding steroid dienone is 2. The molecule has 0 aliphatic heterocycles. The number of rotatable bonds is 4. The minimum Gasteiger partial charge on any atom is -0.0856 e. The van der Waals surface area contributed by atoms with Gasteiger partial charge in [0.05, 0.1) is 0 Å². The number of hydrogen-bond donors (Lipinski definition) is 0. The normalized spacial score (nSPS) is 41.1. The molecule has 4 unspecified atom stereocenters. The summed E-state index contributed by atoms with van der Waals surface area (Å²) in [5, 5.41) is 0. The van der Waals surface area contributed by atoms with Gasteiger partial charge >= 0.3 is 0 Å². The van der Waals surface area contributed by atoms with Gasteiger partial charge in [-0.1, -0.05) is 51.2 Å². The van der Waals surface area contributed by atoms with Gasteiger partial charge in [-0.25, -0.2) is 0 Å². The average molecular weight is 234 g/mol. The molecule has 17 heavy (non-hydrogen) atoms. The van der Waals surface area contributed by atoms with Crippen LogP contribution in [0.5, 0.6) is 0 Å². The van der Waals surface area contributed by atoms with Crippen LogP contribution >= 0.6 is 0 Å². The first kappa shape index (κ1) is 13.2. The lowest BCUT2D eigenvalue weighted by atomic mass is 9.69. The second kappa shape index (κ2) is 5.16. The highest BCUT2D eigenvalue weighted by Gasteiger charge is 2.55. The summed E-state index contributed by atoms with van der Waals surface area (Å²) in [5.74, 6) is 3.07. The lowest BCUT2D eigenvalue weighted by molar-refractivity contribution is 0.139. The van der Waals surface area contributed by atoms with Gasteiger partial charge in [0.2, 0.25) is 0 Å². The number of hydrogen-bond acceptors (Lipinski definition) is 0. The molecule has 0 aromatic carbocycles. The Labute approximate surface area is 108 Å². The molecule has 0 bridgehead atoms. The summed E-state index contributed by atoms with van der Waals surface area (Å²) in [6, 6.07) is 0. The molecule has 0 radical (unpaired) electrons. The van der Waals surface area contributed by atoms with Crippen LogP contribution in [-0.2, 0) is 0 Å². The van der Waals surface area contributed by atoms with Crippen molar-refractivity contribution in [2.75, 3.05) is 0 Å². The summed E-state index contributed by atoms with van der Waals surface area (Å²) in [6.07, 6.45) is 12.7. The van der Waals surface area contributed by atoms with Crippen LogP contribution in [0.4, 0.5) is 0 Å². The predicted octanol–water partition coefficient (Wildman–Crippen LogP) is 5.59. The maximum absolute atomic E-state index is 2.58. The van der Waals surface area contributed by atoms with Crippen molar-refractivity contribution < 1.29 is 0 Å². The van der Waals surface area contributed by atoms with Crippen molar-refractivity contribution in [3.8, 4) is 0 Å². The van der Waals surface area contributed by atoms with Crippen LogP contribution < -0.4 is 0 Å². The molecule has 0 spiro atoms. The average Bonchev–Trinajstić information content (AvgIpc) is 2.99. The van der Waals surface area contributed by atoms with Gasteiger partial charge in [-0.15, -0.1) is 0 Å². The molecule has 2 fully saturated rings. The molecule has 0 saturated heterocycles. The molecule has 4 atom stereocenters. The van der Waals surface area contributed by atoms with E-state index in [0.717, 1.165) is 17.8 Å². The Hall–Kier alpha value is -0.260. The quantitative estimate of drug-likeness (QED) is 0.557. The van der Waals surface area contributed by atoms with E-state index in [2.05, 4.69) is 33.8 Å². The summed E-state index contributed by atoms with van der Waals surface area (Å²) in [4.78, 5) is 0. The van der Waals surface area contributed by atoms with Crippen LogP contribution in [0.3, 0.4) is 0 Å². The Morgan fingerprint density at radius 2 is 1.94 bits per heavy atom. The van der Waals surface area contributed by atoms with Gasteiger partial charge in [0.1, 0.15) is 0 Å². The van der Waals surface area contributed by atoms with Gasteiger partial charge in [0, 0.05) is 0 Å². The van der Waals surface area contributed by atoms with Crippen molar-refractivity contribution in [2.24, 2.45) is 23.2 Å². The van der Waals surface area contributed by atoms with E-state index in [0.29, 0.717) is 5.41 Å². The Morgan fingerprint density at radius 1 is 1.24 bits per heavy atom. The molecule has 2 rings (SSSR count). The van der Waals surface area contributed by atoms with Crippen molar-refractivity contribution >= 4 is 0 Å². The van der Waals surface area contributed by atoms with Crippen molar-refractivity contribution in [1.29, 1.82) is 0 Å². The molecule has 0 nitrogen and oxygen atoms in total. The monoisotopic (exact) mass is 234 g/mol. The third kappa shape index (κ3) is 2.77. The van der Waals surface area contributed by atoms with Crippen LogP contribution in [0.1, 0.15) is 72.6 Å². The summed E-state index contributed by atoms with van der Waals surface area (Å²) in [7, 11) is 0. The second-order valence-corrected chi connectivity index (χ2v) is 6.98. The van der Waals surface area contributed by atoms with Gasteiger partial charge in [-0.2, -0.15) is 0 Å². The Morgan fingerprint density at radius 3 is 2.59 bits per heavy atom. The molecule has 98 valence electrons. The van der Waals surface area contributed by atoms with Crippen molar-refractivity contribution in [3.63, 3.8) is 0 Å². The van der Waals surface area contributed by atoms with Crippen molar-refractivity contribution in [3.05, 3.63) is 11.6 Å². The molecule has 0 heteroatoms. The fourth-order valence-corrected chi connectivity index (χ4v) is 4.22. The van der Waals surface area contributed by atoms with E-state index in [9.17, 15) is 0 Å². The van der Waals surface area contributed by atoms with Crippen LogP contribution in [0.2, 0.25) is 0 Å². The van der Waals surface area contributed by atoms with E-state index in [1.807, 2.05) is 0 Å². The molecular weight excluding hydrogens is 204 g/mol. The molecule has 0 amide bonds. The first-order valence-electron chi connectivity index (χ1n) is 7.71. The van der Waals surface area contributed by atoms with E-state index < -0.39 is 0 Å². The summed E-state index contributed by atoms with van der Waals surface area (Å²) in [5.41, 5.74) is 2.20. The van der Waals surface area contributed by atoms with Crippen LogP contribution in [-0.4, -0.2) is 0 Å². The Bertz CT molecular complexity index is 284. The lowest BCUT2D eigenvalue weighted by Crippen LogP contribution is -2.27. The lowest BCUT2D eigenvalue weighted by Gasteiger charge is -2.36. The van der Waals surface area contributed by atoms with E-state index in [-0.39, 0.29) is 0 Å². The van der Waals surface area contributed by atoms with Gasteiger partial charge in [-0.05, 0) is 56.3 Å². The van der Waals surface area contributed by atoms with Crippen LogP contribution in [0.25, 0.3) is 0 Å². The summed E-state index contributed by atoms with van der Waals surface area (Å²) < 4.78 is 0. The standard InChI is InChI=1S/C17H30/c1-5-14-8-6-7-9-16(14)17(4)12-15(17)11-10-13(2)3/h10,14-16H,5-9,11-12H2,1-4H3. The van der Waals surface area contributed by atoms with Gasteiger partial charge in [0.15, 0.2) is 0 Å². The molecule has 0 aromatic rings. The molecule has 0 heterocycles. The van der Waals surface area contributed by atoms with Crippen LogP contribution in [0, 0.1) is 23.2 Å². The maximum atomic E-state index is 2.58. The third-order valence-electron chi connectivity index (χ3n) is 5.55.